The van der Waals surface area contributed by atoms with Gasteiger partial charge in [-0.2, -0.15) is 8.42 Å². The molecule has 1 aromatic carbocycles. The van der Waals surface area contributed by atoms with E-state index in [9.17, 15) is 17.1 Å². The molecule has 0 unspecified atom stereocenters. The summed E-state index contributed by atoms with van der Waals surface area (Å²) >= 11 is 4.02. The van der Waals surface area contributed by atoms with Gasteiger partial charge in [0.25, 0.3) is 0 Å². The molecule has 0 heterocycles. The fourth-order valence-corrected chi connectivity index (χ4v) is 2.05. The summed E-state index contributed by atoms with van der Waals surface area (Å²) in [6.07, 6.45) is 0. The van der Waals surface area contributed by atoms with Crippen LogP contribution in [-0.4, -0.2) is 20.0 Å². The summed E-state index contributed by atoms with van der Waals surface area (Å²) < 4.78 is 43.0. The van der Waals surface area contributed by atoms with E-state index in [0.29, 0.717) is 0 Å². The molecule has 0 saturated heterocycles. The van der Waals surface area contributed by atoms with E-state index < -0.39 is 22.1 Å². The standard InChI is InChI=1S/C12H15FO5S2/c1-7-9(11(14)17-12(2,3)4)5-8(19)6-10(7)18-20(13,15)16/h5-6,19H,1-4H3. The minimum Gasteiger partial charge on any atom is -0.456 e. The van der Waals surface area contributed by atoms with Crippen LogP contribution in [0.1, 0.15) is 36.7 Å². The molecule has 0 bridgehead atoms. The van der Waals surface area contributed by atoms with Crippen molar-refractivity contribution in [1.29, 1.82) is 0 Å². The van der Waals surface area contributed by atoms with Crippen molar-refractivity contribution in [1.82, 2.24) is 0 Å². The first-order chi connectivity index (χ1) is 8.89. The maximum atomic E-state index is 12.6. The Morgan fingerprint density at radius 1 is 1.30 bits per heavy atom. The summed E-state index contributed by atoms with van der Waals surface area (Å²) in [6.45, 7) is 6.49. The van der Waals surface area contributed by atoms with E-state index in [2.05, 4.69) is 16.8 Å². The van der Waals surface area contributed by atoms with Crippen molar-refractivity contribution >= 4 is 29.1 Å². The van der Waals surface area contributed by atoms with Crippen LogP contribution < -0.4 is 4.18 Å². The molecule has 0 aliphatic carbocycles. The smallest absolute Gasteiger partial charge is 0.456 e. The lowest BCUT2D eigenvalue weighted by Crippen LogP contribution is -2.24. The average molecular weight is 322 g/mol. The molecule has 0 fully saturated rings. The number of benzene rings is 1. The number of halogens is 1. The lowest BCUT2D eigenvalue weighted by atomic mass is 10.1. The van der Waals surface area contributed by atoms with Crippen molar-refractivity contribution in [3.8, 4) is 5.75 Å². The van der Waals surface area contributed by atoms with E-state index >= 15 is 0 Å². The molecule has 5 nitrogen and oxygen atoms in total. The minimum absolute atomic E-state index is 0.0612. The predicted molar refractivity (Wildman–Crippen MR) is 74.3 cm³/mol. The van der Waals surface area contributed by atoms with E-state index in [0.717, 1.165) is 0 Å². The van der Waals surface area contributed by atoms with Crippen molar-refractivity contribution in [2.24, 2.45) is 0 Å². The summed E-state index contributed by atoms with van der Waals surface area (Å²) in [5.74, 6) is -0.979. The first kappa shape index (κ1) is 16.8. The van der Waals surface area contributed by atoms with Gasteiger partial charge in [0, 0.05) is 10.5 Å². The van der Waals surface area contributed by atoms with Gasteiger partial charge < -0.3 is 8.92 Å². The second-order valence-electron chi connectivity index (χ2n) is 5.09. The SMILES string of the molecule is Cc1c(OS(=O)(=O)F)cc(S)cc1C(=O)OC(C)(C)C. The van der Waals surface area contributed by atoms with Crippen LogP contribution >= 0.6 is 12.6 Å². The number of rotatable bonds is 3. The summed E-state index contributed by atoms with van der Waals surface area (Å²) in [7, 11) is -5.18. The molecule has 0 aliphatic heterocycles. The van der Waals surface area contributed by atoms with Crippen LogP contribution in [0.3, 0.4) is 0 Å². The van der Waals surface area contributed by atoms with Crippen molar-refractivity contribution in [3.05, 3.63) is 23.3 Å². The molecule has 0 atom stereocenters. The summed E-state index contributed by atoms with van der Waals surface area (Å²) in [4.78, 5) is 12.2. The van der Waals surface area contributed by atoms with Gasteiger partial charge in [0.15, 0.2) is 0 Å². The molecule has 112 valence electrons. The third-order valence-electron chi connectivity index (χ3n) is 2.15. The molecule has 0 saturated carbocycles. The van der Waals surface area contributed by atoms with Gasteiger partial charge in [-0.15, -0.1) is 12.6 Å². The summed E-state index contributed by atoms with van der Waals surface area (Å²) in [5, 5.41) is 0. The zero-order valence-corrected chi connectivity index (χ0v) is 13.1. The summed E-state index contributed by atoms with van der Waals surface area (Å²) in [5.41, 5.74) is -0.507. The number of thiol groups is 1. The van der Waals surface area contributed by atoms with Crippen LogP contribution in [0.4, 0.5) is 3.89 Å². The highest BCUT2D eigenvalue weighted by Crippen LogP contribution is 2.28. The second kappa shape index (κ2) is 5.61. The van der Waals surface area contributed by atoms with Gasteiger partial charge in [-0.25, -0.2) is 4.79 Å². The van der Waals surface area contributed by atoms with Gasteiger partial charge in [-0.1, -0.05) is 3.89 Å². The lowest BCUT2D eigenvalue weighted by molar-refractivity contribution is 0.00680. The van der Waals surface area contributed by atoms with E-state index in [-0.39, 0.29) is 21.8 Å². The topological polar surface area (TPSA) is 69.7 Å². The molecule has 0 aromatic heterocycles. The van der Waals surface area contributed by atoms with Crippen LogP contribution in [0.25, 0.3) is 0 Å². The van der Waals surface area contributed by atoms with Gasteiger partial charge in [-0.3, -0.25) is 0 Å². The molecule has 0 N–H and O–H groups in total. The molecule has 20 heavy (non-hydrogen) atoms. The number of hydrogen-bond acceptors (Lipinski definition) is 6. The highest BCUT2D eigenvalue weighted by Gasteiger charge is 2.23. The van der Waals surface area contributed by atoms with Gasteiger partial charge in [0.1, 0.15) is 11.4 Å². The van der Waals surface area contributed by atoms with Gasteiger partial charge in [-0.05, 0) is 39.8 Å². The third kappa shape index (κ3) is 5.01. The number of ether oxygens (including phenoxy) is 1. The molecule has 0 spiro atoms. The molecular weight excluding hydrogens is 307 g/mol. The predicted octanol–water partition coefficient (Wildman–Crippen LogP) is 2.83. The highest BCUT2D eigenvalue weighted by atomic mass is 32.3. The van der Waals surface area contributed by atoms with Crippen LogP contribution in [0.2, 0.25) is 0 Å². The largest absolute Gasteiger partial charge is 0.488 e. The van der Waals surface area contributed by atoms with E-state index in [1.807, 2.05) is 0 Å². The number of carbonyl (C=O) groups is 1. The fraction of sp³-hybridized carbons (Fsp3) is 0.417. The minimum atomic E-state index is -5.18. The Morgan fingerprint density at radius 2 is 1.85 bits per heavy atom. The summed E-state index contributed by atoms with van der Waals surface area (Å²) in [6, 6.07) is 2.59. The van der Waals surface area contributed by atoms with Gasteiger partial charge in [0.2, 0.25) is 0 Å². The maximum absolute atomic E-state index is 12.6. The number of hydrogen-bond donors (Lipinski definition) is 1. The molecule has 0 radical (unpaired) electrons. The monoisotopic (exact) mass is 322 g/mol. The van der Waals surface area contributed by atoms with Gasteiger partial charge in [0.05, 0.1) is 5.56 Å². The Bertz CT molecular complexity index is 632. The quantitative estimate of drug-likeness (QED) is 0.526. The van der Waals surface area contributed by atoms with Crippen LogP contribution in [0.5, 0.6) is 5.75 Å². The lowest BCUT2D eigenvalue weighted by Gasteiger charge is -2.20. The zero-order chi connectivity index (χ0) is 15.7. The van der Waals surface area contributed by atoms with Crippen LogP contribution in [-0.2, 0) is 15.2 Å². The Balaban J connectivity index is 3.25. The Hall–Kier alpha value is -1.28. The zero-order valence-electron chi connectivity index (χ0n) is 11.4. The fourth-order valence-electron chi connectivity index (χ4n) is 1.41. The molecular formula is C12H15FO5S2. The van der Waals surface area contributed by atoms with Crippen molar-refractivity contribution < 1.29 is 26.0 Å². The Labute approximate surface area is 122 Å². The van der Waals surface area contributed by atoms with Crippen LogP contribution in [0.15, 0.2) is 17.0 Å². The van der Waals surface area contributed by atoms with Gasteiger partial charge >= 0.3 is 16.5 Å². The number of esters is 1. The average Bonchev–Trinajstić information content (AvgIpc) is 2.18. The third-order valence-corrected chi connectivity index (χ3v) is 2.79. The highest BCUT2D eigenvalue weighted by molar-refractivity contribution is 7.81. The molecule has 0 amide bonds. The van der Waals surface area contributed by atoms with E-state index in [1.54, 1.807) is 20.8 Å². The molecule has 1 rings (SSSR count). The molecule has 0 aliphatic rings. The second-order valence-corrected chi connectivity index (χ2v) is 6.56. The van der Waals surface area contributed by atoms with E-state index in [1.165, 1.54) is 19.1 Å². The van der Waals surface area contributed by atoms with Crippen molar-refractivity contribution in [3.63, 3.8) is 0 Å². The first-order valence-corrected chi connectivity index (χ1v) is 7.35. The normalized spacial score (nSPS) is 12.1. The Morgan fingerprint density at radius 3 is 2.30 bits per heavy atom. The van der Waals surface area contributed by atoms with Crippen molar-refractivity contribution in [2.45, 2.75) is 38.2 Å². The Kier molecular flexibility index (Phi) is 4.70. The molecule has 1 aromatic rings. The molecule has 8 heteroatoms. The number of carbonyl (C=O) groups excluding carboxylic acids is 1. The van der Waals surface area contributed by atoms with Crippen molar-refractivity contribution in [2.75, 3.05) is 0 Å². The van der Waals surface area contributed by atoms with Crippen LogP contribution in [0, 0.1) is 6.92 Å². The van der Waals surface area contributed by atoms with E-state index in [4.69, 9.17) is 4.74 Å². The maximum Gasteiger partial charge on any atom is 0.488 e. The first-order valence-electron chi connectivity index (χ1n) is 5.60.